The summed E-state index contributed by atoms with van der Waals surface area (Å²) < 4.78 is 4.24. The summed E-state index contributed by atoms with van der Waals surface area (Å²) in [4.78, 5) is 1.35. The van der Waals surface area contributed by atoms with Gasteiger partial charge in [0.2, 0.25) is 0 Å². The fourth-order valence-electron chi connectivity index (χ4n) is 2.79. The van der Waals surface area contributed by atoms with E-state index in [1.807, 2.05) is 0 Å². The van der Waals surface area contributed by atoms with Crippen LogP contribution in [0.4, 0.5) is 0 Å². The van der Waals surface area contributed by atoms with E-state index in [0.29, 0.717) is 6.04 Å². The third-order valence-electron chi connectivity index (χ3n) is 4.10. The number of hydrogen-bond donors (Lipinski definition) is 1. The van der Waals surface area contributed by atoms with Crippen LogP contribution in [0, 0.1) is 5.92 Å². The van der Waals surface area contributed by atoms with Gasteiger partial charge in [0, 0.05) is 11.5 Å². The lowest BCUT2D eigenvalue weighted by Gasteiger charge is -2.25. The zero-order chi connectivity index (χ0) is 15.9. The highest BCUT2D eigenvalue weighted by Crippen LogP contribution is 2.34. The fourth-order valence-corrected chi connectivity index (χ4v) is 3.74. The van der Waals surface area contributed by atoms with E-state index in [4.69, 9.17) is 0 Å². The molecule has 0 aliphatic heterocycles. The molecule has 2 atom stereocenters. The van der Waals surface area contributed by atoms with E-state index in [0.717, 1.165) is 12.5 Å². The van der Waals surface area contributed by atoms with Crippen LogP contribution in [0.1, 0.15) is 90.3 Å². The van der Waals surface area contributed by atoms with E-state index in [-0.39, 0.29) is 5.41 Å². The first-order valence-corrected chi connectivity index (χ1v) is 9.27. The molecule has 0 aromatic carbocycles. The fraction of sp³-hybridized carbons (Fsp3) is 0.882. The van der Waals surface area contributed by atoms with E-state index < -0.39 is 0 Å². The smallest absolute Gasteiger partial charge is 0.0857 e. The molecule has 122 valence electrons. The van der Waals surface area contributed by atoms with Crippen LogP contribution >= 0.6 is 11.5 Å². The van der Waals surface area contributed by atoms with Crippen molar-refractivity contribution in [1.29, 1.82) is 0 Å². The Hall–Kier alpha value is -0.480. The SMILES string of the molecule is CCCCC(CC)CC(NCC)c1snnc1C(C)(C)C. The van der Waals surface area contributed by atoms with Crippen LogP contribution < -0.4 is 5.32 Å². The predicted molar refractivity (Wildman–Crippen MR) is 92.9 cm³/mol. The van der Waals surface area contributed by atoms with Crippen molar-refractivity contribution in [1.82, 2.24) is 14.9 Å². The summed E-state index contributed by atoms with van der Waals surface area (Å²) in [5, 5.41) is 8.08. The average Bonchev–Trinajstić information content (AvgIpc) is 2.91. The zero-order valence-corrected chi connectivity index (χ0v) is 15.5. The Balaban J connectivity index is 2.88. The minimum Gasteiger partial charge on any atom is -0.309 e. The van der Waals surface area contributed by atoms with Gasteiger partial charge in [-0.2, -0.15) is 0 Å². The first-order chi connectivity index (χ1) is 9.93. The van der Waals surface area contributed by atoms with Gasteiger partial charge in [-0.1, -0.05) is 71.7 Å². The van der Waals surface area contributed by atoms with Gasteiger partial charge in [0.05, 0.1) is 10.6 Å². The summed E-state index contributed by atoms with van der Waals surface area (Å²) in [5.41, 5.74) is 1.24. The standard InChI is InChI=1S/C17H33N3S/c1-7-10-11-13(8-2)12-14(18-9-3)15-16(17(4,5)6)19-20-21-15/h13-14,18H,7-12H2,1-6H3. The lowest BCUT2D eigenvalue weighted by molar-refractivity contribution is 0.356. The Labute approximate surface area is 135 Å². The van der Waals surface area contributed by atoms with Crippen molar-refractivity contribution >= 4 is 11.5 Å². The van der Waals surface area contributed by atoms with Crippen molar-refractivity contribution < 1.29 is 0 Å². The monoisotopic (exact) mass is 311 g/mol. The van der Waals surface area contributed by atoms with E-state index >= 15 is 0 Å². The van der Waals surface area contributed by atoms with Crippen LogP contribution in [0.5, 0.6) is 0 Å². The summed E-state index contributed by atoms with van der Waals surface area (Å²) in [7, 11) is 0. The maximum atomic E-state index is 4.41. The second kappa shape index (κ2) is 8.84. The Bertz CT molecular complexity index is 395. The van der Waals surface area contributed by atoms with Gasteiger partial charge in [0.25, 0.3) is 0 Å². The van der Waals surface area contributed by atoms with Gasteiger partial charge in [-0.05, 0) is 30.4 Å². The van der Waals surface area contributed by atoms with Crippen LogP contribution in [-0.2, 0) is 5.41 Å². The number of aromatic nitrogens is 2. The van der Waals surface area contributed by atoms with E-state index in [1.54, 1.807) is 11.5 Å². The Morgan fingerprint density at radius 1 is 1.19 bits per heavy atom. The van der Waals surface area contributed by atoms with Crippen LogP contribution in [0.2, 0.25) is 0 Å². The van der Waals surface area contributed by atoms with Gasteiger partial charge in [-0.25, -0.2) is 0 Å². The largest absolute Gasteiger partial charge is 0.309 e. The highest BCUT2D eigenvalue weighted by atomic mass is 32.1. The molecule has 0 amide bonds. The number of unbranched alkanes of at least 4 members (excludes halogenated alkanes) is 1. The highest BCUT2D eigenvalue weighted by molar-refractivity contribution is 7.05. The number of nitrogens with one attached hydrogen (secondary N) is 1. The lowest BCUT2D eigenvalue weighted by atomic mass is 9.86. The van der Waals surface area contributed by atoms with Crippen molar-refractivity contribution in [2.24, 2.45) is 5.92 Å². The summed E-state index contributed by atoms with van der Waals surface area (Å²) in [6, 6.07) is 0.408. The van der Waals surface area contributed by atoms with Gasteiger partial charge in [-0.3, -0.25) is 0 Å². The number of rotatable bonds is 9. The summed E-state index contributed by atoms with van der Waals surface area (Å²) in [6.07, 6.45) is 6.43. The van der Waals surface area contributed by atoms with Gasteiger partial charge in [0.15, 0.2) is 0 Å². The Kier molecular flexibility index (Phi) is 7.82. The maximum absolute atomic E-state index is 4.41. The Morgan fingerprint density at radius 3 is 2.43 bits per heavy atom. The van der Waals surface area contributed by atoms with Gasteiger partial charge < -0.3 is 5.32 Å². The second-order valence-corrected chi connectivity index (χ2v) is 7.78. The van der Waals surface area contributed by atoms with Crippen molar-refractivity contribution in [3.8, 4) is 0 Å². The molecule has 1 rings (SSSR count). The van der Waals surface area contributed by atoms with Crippen molar-refractivity contribution in [3.63, 3.8) is 0 Å². The highest BCUT2D eigenvalue weighted by Gasteiger charge is 2.28. The first-order valence-electron chi connectivity index (χ1n) is 8.50. The molecule has 3 nitrogen and oxygen atoms in total. The summed E-state index contributed by atoms with van der Waals surface area (Å²) in [5.74, 6) is 0.795. The van der Waals surface area contributed by atoms with E-state index in [2.05, 4.69) is 56.4 Å². The molecule has 0 aliphatic rings. The lowest BCUT2D eigenvalue weighted by Crippen LogP contribution is -2.26. The number of hydrogen-bond acceptors (Lipinski definition) is 4. The topological polar surface area (TPSA) is 37.8 Å². The maximum Gasteiger partial charge on any atom is 0.0857 e. The van der Waals surface area contributed by atoms with Crippen LogP contribution in [0.25, 0.3) is 0 Å². The quantitative estimate of drug-likeness (QED) is 0.690. The molecule has 2 unspecified atom stereocenters. The van der Waals surface area contributed by atoms with Crippen LogP contribution in [0.15, 0.2) is 0 Å². The molecule has 0 saturated heterocycles. The molecule has 4 heteroatoms. The minimum atomic E-state index is 0.0706. The van der Waals surface area contributed by atoms with Gasteiger partial charge in [0.1, 0.15) is 0 Å². The Morgan fingerprint density at radius 2 is 1.90 bits per heavy atom. The van der Waals surface area contributed by atoms with E-state index in [1.165, 1.54) is 42.7 Å². The van der Waals surface area contributed by atoms with Crippen LogP contribution in [-0.4, -0.2) is 16.1 Å². The molecular weight excluding hydrogens is 278 g/mol. The second-order valence-electron chi connectivity index (χ2n) is 7.00. The molecule has 1 N–H and O–H groups in total. The predicted octanol–water partition coefficient (Wildman–Crippen LogP) is 5.09. The molecule has 0 spiro atoms. The molecule has 1 heterocycles. The van der Waals surface area contributed by atoms with E-state index in [9.17, 15) is 0 Å². The van der Waals surface area contributed by atoms with Crippen molar-refractivity contribution in [2.75, 3.05) is 6.54 Å². The summed E-state index contributed by atoms with van der Waals surface area (Å²) in [6.45, 7) is 14.5. The molecule has 0 aliphatic carbocycles. The molecule has 0 radical (unpaired) electrons. The van der Waals surface area contributed by atoms with Crippen LogP contribution in [0.3, 0.4) is 0 Å². The first kappa shape index (κ1) is 18.6. The molecule has 1 aromatic heterocycles. The summed E-state index contributed by atoms with van der Waals surface area (Å²) >= 11 is 1.58. The van der Waals surface area contributed by atoms with Crippen molar-refractivity contribution in [3.05, 3.63) is 10.6 Å². The molecule has 0 saturated carbocycles. The third-order valence-corrected chi connectivity index (χ3v) is 4.94. The molecule has 0 bridgehead atoms. The van der Waals surface area contributed by atoms with Gasteiger partial charge in [-0.15, -0.1) is 5.10 Å². The normalized spacial score (nSPS) is 15.1. The molecule has 0 fully saturated rings. The molecule has 1 aromatic rings. The molecule has 21 heavy (non-hydrogen) atoms. The zero-order valence-electron chi connectivity index (χ0n) is 14.7. The third kappa shape index (κ3) is 5.67. The van der Waals surface area contributed by atoms with Gasteiger partial charge >= 0.3 is 0 Å². The minimum absolute atomic E-state index is 0.0706. The average molecular weight is 312 g/mol. The number of nitrogens with zero attached hydrogens (tertiary/aromatic N) is 2. The molecular formula is C17H33N3S. The van der Waals surface area contributed by atoms with Crippen molar-refractivity contribution in [2.45, 2.75) is 85.1 Å².